The molecule has 0 saturated heterocycles. The summed E-state index contributed by atoms with van der Waals surface area (Å²) in [5.74, 6) is -2.32. The Hall–Kier alpha value is -1.62. The van der Waals surface area contributed by atoms with Gasteiger partial charge in [0.15, 0.2) is 11.6 Å². The van der Waals surface area contributed by atoms with Gasteiger partial charge < -0.3 is 15.6 Å². The first-order valence-corrected chi connectivity index (χ1v) is 4.81. The first-order valence-electron chi connectivity index (χ1n) is 4.81. The van der Waals surface area contributed by atoms with E-state index in [0.29, 0.717) is 12.0 Å². The second-order valence-electron chi connectivity index (χ2n) is 3.65. The van der Waals surface area contributed by atoms with Gasteiger partial charge in [0.05, 0.1) is 7.11 Å². The smallest absolute Gasteiger partial charge is 0.341 e. The van der Waals surface area contributed by atoms with Crippen molar-refractivity contribution in [3.8, 4) is 5.75 Å². The molecular formula is C11H14FNO3. The van der Waals surface area contributed by atoms with Crippen LogP contribution in [0, 0.1) is 5.82 Å². The molecule has 0 saturated carbocycles. The molecular weight excluding hydrogens is 213 g/mol. The molecule has 1 unspecified atom stereocenters. The molecule has 0 aliphatic heterocycles. The second-order valence-corrected chi connectivity index (χ2v) is 3.65. The van der Waals surface area contributed by atoms with E-state index in [1.54, 1.807) is 6.92 Å². The van der Waals surface area contributed by atoms with E-state index in [4.69, 9.17) is 5.73 Å². The van der Waals surface area contributed by atoms with E-state index in [9.17, 15) is 14.3 Å². The van der Waals surface area contributed by atoms with Crippen LogP contribution < -0.4 is 5.73 Å². The number of phenolic OH excluding ortho intramolecular Hbond substituents is 1. The van der Waals surface area contributed by atoms with Crippen LogP contribution in [-0.4, -0.2) is 24.2 Å². The molecule has 1 aromatic rings. The van der Waals surface area contributed by atoms with Crippen LogP contribution in [-0.2, 0) is 11.2 Å². The van der Waals surface area contributed by atoms with E-state index in [0.717, 1.165) is 13.2 Å². The van der Waals surface area contributed by atoms with Crippen molar-refractivity contribution in [2.45, 2.75) is 19.4 Å². The number of carbonyl (C=O) groups excluding carboxylic acids is 1. The van der Waals surface area contributed by atoms with Crippen molar-refractivity contribution in [2.75, 3.05) is 7.11 Å². The zero-order chi connectivity index (χ0) is 12.3. The van der Waals surface area contributed by atoms with Crippen LogP contribution in [0.3, 0.4) is 0 Å². The lowest BCUT2D eigenvalue weighted by atomic mass is 10.0. The highest BCUT2D eigenvalue weighted by molar-refractivity contribution is 5.92. The SMILES string of the molecule is COC(=O)c1cc(CC(C)N)cc(F)c1O. The number of esters is 1. The van der Waals surface area contributed by atoms with E-state index in [2.05, 4.69) is 4.74 Å². The number of hydrogen-bond acceptors (Lipinski definition) is 4. The zero-order valence-corrected chi connectivity index (χ0v) is 9.16. The van der Waals surface area contributed by atoms with Gasteiger partial charge in [-0.25, -0.2) is 9.18 Å². The molecule has 3 N–H and O–H groups in total. The fourth-order valence-corrected chi connectivity index (χ4v) is 1.41. The molecule has 0 heterocycles. The molecule has 0 amide bonds. The maximum absolute atomic E-state index is 13.3. The van der Waals surface area contributed by atoms with E-state index in [1.807, 2.05) is 0 Å². The van der Waals surface area contributed by atoms with Gasteiger partial charge in [0.2, 0.25) is 0 Å². The fourth-order valence-electron chi connectivity index (χ4n) is 1.41. The number of ether oxygens (including phenoxy) is 1. The number of benzene rings is 1. The van der Waals surface area contributed by atoms with Gasteiger partial charge in [-0.05, 0) is 31.0 Å². The lowest BCUT2D eigenvalue weighted by Gasteiger charge is -2.09. The van der Waals surface area contributed by atoms with E-state index in [1.165, 1.54) is 6.07 Å². The zero-order valence-electron chi connectivity index (χ0n) is 9.16. The Morgan fingerprint density at radius 3 is 2.75 bits per heavy atom. The first kappa shape index (κ1) is 12.4. The molecule has 0 aliphatic rings. The third-order valence-electron chi connectivity index (χ3n) is 2.09. The molecule has 1 aromatic carbocycles. The molecule has 0 aliphatic carbocycles. The molecule has 0 spiro atoms. The number of aromatic hydroxyl groups is 1. The van der Waals surface area contributed by atoms with Gasteiger partial charge in [-0.15, -0.1) is 0 Å². The van der Waals surface area contributed by atoms with Crippen LogP contribution in [0.15, 0.2) is 12.1 Å². The minimum Gasteiger partial charge on any atom is -0.504 e. The van der Waals surface area contributed by atoms with Crippen LogP contribution in [0.2, 0.25) is 0 Å². The number of methoxy groups -OCH3 is 1. The fraction of sp³-hybridized carbons (Fsp3) is 0.364. The summed E-state index contributed by atoms with van der Waals surface area (Å²) in [6.07, 6.45) is 0.418. The number of carbonyl (C=O) groups is 1. The summed E-state index contributed by atoms with van der Waals surface area (Å²) in [7, 11) is 1.16. The van der Waals surface area contributed by atoms with Crippen LogP contribution in [0.5, 0.6) is 5.75 Å². The average molecular weight is 227 g/mol. The molecule has 0 bridgehead atoms. The Labute approximate surface area is 92.8 Å². The quantitative estimate of drug-likeness (QED) is 0.761. The molecule has 0 radical (unpaired) electrons. The topological polar surface area (TPSA) is 72.5 Å². The Morgan fingerprint density at radius 2 is 2.25 bits per heavy atom. The first-order chi connectivity index (χ1) is 7.45. The summed E-state index contributed by atoms with van der Waals surface area (Å²) in [4.78, 5) is 11.2. The monoisotopic (exact) mass is 227 g/mol. The highest BCUT2D eigenvalue weighted by atomic mass is 19.1. The number of hydrogen-bond donors (Lipinski definition) is 2. The van der Waals surface area contributed by atoms with Crippen LogP contribution >= 0.6 is 0 Å². The van der Waals surface area contributed by atoms with Crippen molar-refractivity contribution in [1.29, 1.82) is 0 Å². The Balaban J connectivity index is 3.16. The predicted molar refractivity (Wildman–Crippen MR) is 56.8 cm³/mol. The predicted octanol–water partition coefficient (Wildman–Crippen LogP) is 1.21. The van der Waals surface area contributed by atoms with Crippen molar-refractivity contribution in [3.63, 3.8) is 0 Å². The van der Waals surface area contributed by atoms with E-state index < -0.39 is 17.5 Å². The second kappa shape index (κ2) is 4.94. The maximum atomic E-state index is 13.3. The van der Waals surface area contributed by atoms with Gasteiger partial charge in [0.25, 0.3) is 0 Å². The lowest BCUT2D eigenvalue weighted by molar-refractivity contribution is 0.0596. The maximum Gasteiger partial charge on any atom is 0.341 e. The van der Waals surface area contributed by atoms with Gasteiger partial charge in [0, 0.05) is 6.04 Å². The minimum atomic E-state index is -0.849. The normalized spacial score (nSPS) is 12.2. The molecule has 88 valence electrons. The summed E-state index contributed by atoms with van der Waals surface area (Å²) < 4.78 is 17.7. The number of halogens is 1. The highest BCUT2D eigenvalue weighted by Gasteiger charge is 2.17. The minimum absolute atomic E-state index is 0.158. The van der Waals surface area contributed by atoms with Crippen LogP contribution in [0.1, 0.15) is 22.8 Å². The Morgan fingerprint density at radius 1 is 1.62 bits per heavy atom. The molecule has 16 heavy (non-hydrogen) atoms. The van der Waals surface area contributed by atoms with Gasteiger partial charge in [-0.2, -0.15) is 0 Å². The van der Waals surface area contributed by atoms with Gasteiger partial charge in [0.1, 0.15) is 5.56 Å². The van der Waals surface area contributed by atoms with Crippen molar-refractivity contribution in [1.82, 2.24) is 0 Å². The largest absolute Gasteiger partial charge is 0.504 e. The average Bonchev–Trinajstić information content (AvgIpc) is 2.21. The van der Waals surface area contributed by atoms with E-state index in [-0.39, 0.29) is 11.6 Å². The summed E-state index contributed by atoms with van der Waals surface area (Å²) in [6.45, 7) is 1.77. The van der Waals surface area contributed by atoms with Gasteiger partial charge in [-0.3, -0.25) is 0 Å². The van der Waals surface area contributed by atoms with Gasteiger partial charge >= 0.3 is 5.97 Å². The Kier molecular flexibility index (Phi) is 3.84. The summed E-state index contributed by atoms with van der Waals surface area (Å²) >= 11 is 0. The highest BCUT2D eigenvalue weighted by Crippen LogP contribution is 2.24. The van der Waals surface area contributed by atoms with Crippen LogP contribution in [0.25, 0.3) is 0 Å². The summed E-state index contributed by atoms with van der Waals surface area (Å²) in [6, 6.07) is 2.38. The van der Waals surface area contributed by atoms with E-state index >= 15 is 0 Å². The summed E-state index contributed by atoms with van der Waals surface area (Å²) in [5.41, 5.74) is 5.93. The number of phenols is 1. The molecule has 1 atom stereocenters. The molecule has 1 rings (SSSR count). The lowest BCUT2D eigenvalue weighted by Crippen LogP contribution is -2.18. The molecule has 4 nitrogen and oxygen atoms in total. The third kappa shape index (κ3) is 2.70. The van der Waals surface area contributed by atoms with Crippen LogP contribution in [0.4, 0.5) is 4.39 Å². The van der Waals surface area contributed by atoms with Gasteiger partial charge in [-0.1, -0.05) is 0 Å². The van der Waals surface area contributed by atoms with Crippen molar-refractivity contribution in [3.05, 3.63) is 29.1 Å². The molecule has 0 aromatic heterocycles. The number of nitrogens with two attached hydrogens (primary N) is 1. The standard InChI is InChI=1S/C11H14FNO3/c1-6(13)3-7-4-8(11(15)16-2)10(14)9(12)5-7/h4-6,14H,3,13H2,1-2H3. The number of rotatable bonds is 3. The van der Waals surface area contributed by atoms with Crippen molar-refractivity contribution < 1.29 is 19.0 Å². The molecule has 0 fully saturated rings. The Bertz CT molecular complexity index is 404. The van der Waals surface area contributed by atoms with Crippen molar-refractivity contribution in [2.24, 2.45) is 5.73 Å². The van der Waals surface area contributed by atoms with Crippen molar-refractivity contribution >= 4 is 5.97 Å². The molecule has 5 heteroatoms. The third-order valence-corrected chi connectivity index (χ3v) is 2.09. The summed E-state index contributed by atoms with van der Waals surface area (Å²) in [5, 5.41) is 9.35.